The van der Waals surface area contributed by atoms with Gasteiger partial charge in [0.05, 0.1) is 0 Å². The topological polar surface area (TPSA) is 0 Å². The van der Waals surface area contributed by atoms with Gasteiger partial charge in [-0.15, -0.1) is 0 Å². The minimum absolute atomic E-state index is 0.629. The molecule has 0 aromatic carbocycles. The van der Waals surface area contributed by atoms with Gasteiger partial charge < -0.3 is 0 Å². The molecule has 0 aliphatic rings. The minimum atomic E-state index is -0.629. The molecule has 0 spiro atoms. The second kappa shape index (κ2) is 4.23. The van der Waals surface area contributed by atoms with Gasteiger partial charge in [0.15, 0.2) is 0 Å². The Labute approximate surface area is 80.0 Å². The Bertz CT molecular complexity index is 164. The fourth-order valence-electron chi connectivity index (χ4n) is 0.482. The van der Waals surface area contributed by atoms with Gasteiger partial charge in [-0.2, -0.15) is 0 Å². The third-order valence-electron chi connectivity index (χ3n) is 1.18. The van der Waals surface area contributed by atoms with Gasteiger partial charge in [-0.1, -0.05) is 0 Å². The van der Waals surface area contributed by atoms with E-state index in [-0.39, 0.29) is 0 Å². The maximum absolute atomic E-state index is 3.30. The molecule has 62 valence electrons. The standard InChI is InChI=1S/C6H16P2Se2/c1-7(2,9)5-6-8(3,4)10/h5-6H2,1-4H3. The molecule has 0 bridgehead atoms. The van der Waals surface area contributed by atoms with Crippen LogP contribution in [0, 0.1) is 0 Å². The van der Waals surface area contributed by atoms with E-state index >= 15 is 0 Å². The van der Waals surface area contributed by atoms with Crippen LogP contribution in [0.25, 0.3) is 0 Å². The molecule has 10 heavy (non-hydrogen) atoms. The van der Waals surface area contributed by atoms with E-state index in [4.69, 9.17) is 0 Å². The van der Waals surface area contributed by atoms with Crippen LogP contribution in [0.2, 0.25) is 0 Å². The van der Waals surface area contributed by atoms with Gasteiger partial charge >= 0.3 is 80.2 Å². The second-order valence-electron chi connectivity index (χ2n) is 3.60. The normalized spacial score (nSPS) is 13.6. The van der Waals surface area contributed by atoms with Crippen molar-refractivity contribution in [3.63, 3.8) is 0 Å². The number of rotatable bonds is 3. The second-order valence-corrected chi connectivity index (χ2v) is 23.2. The molecule has 0 radical (unpaired) electrons. The first-order valence-corrected chi connectivity index (χ1v) is 13.5. The Morgan fingerprint density at radius 3 is 1.10 bits per heavy atom. The summed E-state index contributed by atoms with van der Waals surface area (Å²) in [5.74, 6) is 0. The quantitative estimate of drug-likeness (QED) is 0.550. The SMILES string of the molecule is CP(C)(=[Se])CCP(C)(C)=[Se]. The van der Waals surface area contributed by atoms with Crippen LogP contribution >= 0.6 is 11.0 Å². The molecule has 0 N–H and O–H groups in total. The molecule has 0 saturated heterocycles. The summed E-state index contributed by atoms with van der Waals surface area (Å²) in [5.41, 5.74) is -1.26. The van der Waals surface area contributed by atoms with Crippen LogP contribution in [-0.2, 0) is 0 Å². The molecule has 0 amide bonds. The van der Waals surface area contributed by atoms with Crippen LogP contribution in [0.4, 0.5) is 0 Å². The van der Waals surface area contributed by atoms with Crippen molar-refractivity contribution in [2.24, 2.45) is 0 Å². The van der Waals surface area contributed by atoms with Gasteiger partial charge in [0.2, 0.25) is 0 Å². The van der Waals surface area contributed by atoms with Crippen molar-refractivity contribution in [3.05, 3.63) is 0 Å². The fraction of sp³-hybridized carbons (Fsp3) is 1.00. The monoisotopic (exact) mass is 310 g/mol. The molecule has 0 saturated carbocycles. The Morgan fingerprint density at radius 1 is 0.800 bits per heavy atom. The van der Waals surface area contributed by atoms with Gasteiger partial charge in [-0.25, -0.2) is 0 Å². The summed E-state index contributed by atoms with van der Waals surface area (Å²) >= 11 is 6.61. The van der Waals surface area contributed by atoms with E-state index in [1.807, 2.05) is 0 Å². The number of hydrogen-bond donors (Lipinski definition) is 0. The summed E-state index contributed by atoms with van der Waals surface area (Å²) in [4.78, 5) is 0. The third-order valence-corrected chi connectivity index (χ3v) is 6.43. The van der Waals surface area contributed by atoms with Crippen molar-refractivity contribution in [3.8, 4) is 0 Å². The fourth-order valence-corrected chi connectivity index (χ4v) is 7.42. The third kappa shape index (κ3) is 9.90. The van der Waals surface area contributed by atoms with Crippen molar-refractivity contribution in [1.29, 1.82) is 0 Å². The van der Waals surface area contributed by atoms with Crippen LogP contribution in [0.3, 0.4) is 0 Å². The van der Waals surface area contributed by atoms with Crippen molar-refractivity contribution in [2.75, 3.05) is 39.0 Å². The summed E-state index contributed by atoms with van der Waals surface area (Å²) in [6.07, 6.45) is 2.81. The van der Waals surface area contributed by atoms with Crippen LogP contribution in [0.5, 0.6) is 0 Å². The van der Waals surface area contributed by atoms with Crippen LogP contribution in [0.1, 0.15) is 0 Å². The van der Waals surface area contributed by atoms with E-state index < -0.39 is 11.0 Å². The van der Waals surface area contributed by atoms with E-state index in [0.29, 0.717) is 0 Å². The molecule has 0 unspecified atom stereocenters. The van der Waals surface area contributed by atoms with Crippen LogP contribution in [-0.4, -0.2) is 69.2 Å². The van der Waals surface area contributed by atoms with Crippen molar-refractivity contribution < 1.29 is 0 Å². The first-order valence-electron chi connectivity index (χ1n) is 3.29. The molecule has 0 atom stereocenters. The van der Waals surface area contributed by atoms with Gasteiger partial charge in [-0.05, 0) is 0 Å². The van der Waals surface area contributed by atoms with Crippen molar-refractivity contribution in [2.45, 2.75) is 0 Å². The molecule has 0 heterocycles. The summed E-state index contributed by atoms with van der Waals surface area (Å²) in [6.45, 7) is 9.46. The van der Waals surface area contributed by atoms with E-state index in [0.717, 1.165) is 0 Å². The van der Waals surface area contributed by atoms with Crippen LogP contribution < -0.4 is 0 Å². The molecule has 0 aromatic heterocycles. The van der Waals surface area contributed by atoms with Gasteiger partial charge in [0, 0.05) is 0 Å². The average Bonchev–Trinajstić information content (AvgIpc) is 1.57. The molecule has 0 rings (SSSR count). The molecule has 0 aliphatic heterocycles. The summed E-state index contributed by atoms with van der Waals surface area (Å²) in [5, 5.41) is 0. The van der Waals surface area contributed by atoms with Crippen molar-refractivity contribution in [1.82, 2.24) is 0 Å². The molecule has 4 heteroatoms. The van der Waals surface area contributed by atoms with E-state index in [2.05, 4.69) is 56.9 Å². The first-order chi connectivity index (χ1) is 4.21. The van der Waals surface area contributed by atoms with Gasteiger partial charge in [0.25, 0.3) is 0 Å². The molecular formula is C6H16P2Se2. The molecule has 0 aromatic rings. The Morgan fingerprint density at radius 2 is 1.00 bits per heavy atom. The Kier molecular flexibility index (Phi) is 5.03. The van der Waals surface area contributed by atoms with E-state index in [1.54, 1.807) is 0 Å². The predicted octanol–water partition coefficient (Wildman–Crippen LogP) is 1.71. The summed E-state index contributed by atoms with van der Waals surface area (Å²) in [6, 6.07) is 0. The molecular weight excluding hydrogens is 292 g/mol. The molecule has 0 aliphatic carbocycles. The van der Waals surface area contributed by atoms with E-state index in [1.165, 1.54) is 12.3 Å². The zero-order valence-corrected chi connectivity index (χ0v) is 12.3. The maximum atomic E-state index is 3.30. The summed E-state index contributed by atoms with van der Waals surface area (Å²) < 4.78 is 0. The average molecular weight is 308 g/mol. The predicted molar refractivity (Wildman–Crippen MR) is 58.8 cm³/mol. The van der Waals surface area contributed by atoms with Crippen LogP contribution in [0.15, 0.2) is 0 Å². The van der Waals surface area contributed by atoms with Crippen molar-refractivity contribution >= 4 is 41.2 Å². The van der Waals surface area contributed by atoms with E-state index in [9.17, 15) is 0 Å². The first kappa shape index (κ1) is 11.9. The van der Waals surface area contributed by atoms with Gasteiger partial charge in [-0.3, -0.25) is 0 Å². The zero-order chi connectivity index (χ0) is 8.41. The molecule has 0 fully saturated rings. The Hall–Kier alpha value is 1.90. The number of hydrogen-bond acceptors (Lipinski definition) is 0. The molecule has 0 nitrogen and oxygen atoms in total. The van der Waals surface area contributed by atoms with Gasteiger partial charge in [0.1, 0.15) is 0 Å². The zero-order valence-electron chi connectivity index (χ0n) is 7.13. The Balaban J connectivity index is 3.79. The summed E-state index contributed by atoms with van der Waals surface area (Å²) in [7, 11) is 0.